The molecule has 5 rings (SSSR count). The molecule has 15 nitrogen and oxygen atoms in total. The molecule has 0 aromatic carbocycles. The minimum atomic E-state index is -1.32. The monoisotopic (exact) mass is 610 g/mol. The molecule has 0 saturated carbocycles. The molecule has 2 aliphatic rings. The average Bonchev–Trinajstić information content (AvgIpc) is 3.63. The van der Waals surface area contributed by atoms with E-state index in [0.29, 0.717) is 12.0 Å². The maximum absolute atomic E-state index is 13.1. The number of nitrogen functional groups attached to an aromatic ring is 1. The number of nitrogens with two attached hydrogens (primary N) is 1. The SMILES string of the molecule is C[C@@H](NC=O)c1n2ccsc2c[n+]1CC1=C(C(=O)O)N2C(=O)[C@@H](NC(=O)/C(=N\OCF)c3nsc(N)n3)[C@H]2SC1. The number of aromatic nitrogens is 4. The molecule has 19 heteroatoms. The molecule has 0 unspecified atom stereocenters. The van der Waals surface area contributed by atoms with Crippen LogP contribution in [0.3, 0.4) is 0 Å². The number of amides is 3. The maximum atomic E-state index is 13.1. The van der Waals surface area contributed by atoms with Crippen molar-refractivity contribution in [2.24, 2.45) is 5.16 Å². The number of nitrogens with zero attached hydrogens (tertiary/aromatic N) is 6. The molecular formula is C21H21FN9O6S3+. The molecule has 2 aliphatic heterocycles. The topological polar surface area (TPSA) is 197 Å². The fraction of sp³-hybridized carbons (Fsp3) is 0.333. The van der Waals surface area contributed by atoms with Crippen molar-refractivity contribution in [1.82, 2.24) is 29.3 Å². The second-order valence-corrected chi connectivity index (χ2v) is 11.3. The van der Waals surface area contributed by atoms with E-state index in [4.69, 9.17) is 5.73 Å². The number of anilines is 1. The summed E-state index contributed by atoms with van der Waals surface area (Å²) >= 11 is 3.54. The van der Waals surface area contributed by atoms with Crippen molar-refractivity contribution < 1.29 is 38.1 Å². The first kappa shape index (κ1) is 27.5. The van der Waals surface area contributed by atoms with Gasteiger partial charge >= 0.3 is 5.97 Å². The summed E-state index contributed by atoms with van der Waals surface area (Å²) in [7, 11) is 0. The van der Waals surface area contributed by atoms with Crippen LogP contribution < -0.4 is 20.9 Å². The van der Waals surface area contributed by atoms with Gasteiger partial charge in [0.15, 0.2) is 5.13 Å². The Kier molecular flexibility index (Phi) is 7.68. The molecule has 0 spiro atoms. The molecule has 0 bridgehead atoms. The fourth-order valence-corrected chi connectivity index (χ4v) is 7.04. The third-order valence-corrected chi connectivity index (χ3v) is 8.80. The lowest BCUT2D eigenvalue weighted by molar-refractivity contribution is -0.696. The highest BCUT2D eigenvalue weighted by Crippen LogP contribution is 2.40. The van der Waals surface area contributed by atoms with Crippen LogP contribution in [0.25, 0.3) is 4.83 Å². The van der Waals surface area contributed by atoms with Gasteiger partial charge in [0, 0.05) is 28.2 Å². The van der Waals surface area contributed by atoms with E-state index in [2.05, 4.69) is 30.0 Å². The maximum Gasteiger partial charge on any atom is 0.352 e. The molecule has 3 amide bonds. The predicted octanol–water partition coefficient (Wildman–Crippen LogP) is -0.384. The minimum absolute atomic E-state index is 0.0358. The molecular weight excluding hydrogens is 589 g/mol. The number of thiazole rings is 1. The van der Waals surface area contributed by atoms with Crippen LogP contribution in [-0.4, -0.2) is 77.7 Å². The summed E-state index contributed by atoms with van der Waals surface area (Å²) in [5, 5.41) is 19.9. The Labute approximate surface area is 236 Å². The summed E-state index contributed by atoms with van der Waals surface area (Å²) in [6.07, 6.45) is 4.30. The number of carboxylic acids is 1. The summed E-state index contributed by atoms with van der Waals surface area (Å²) in [6, 6.07) is -1.46. The van der Waals surface area contributed by atoms with Gasteiger partial charge in [-0.25, -0.2) is 13.8 Å². The third kappa shape index (κ3) is 4.86. The number of alkyl halides is 1. The molecule has 0 aliphatic carbocycles. The van der Waals surface area contributed by atoms with Gasteiger partial charge in [0.25, 0.3) is 24.5 Å². The highest BCUT2D eigenvalue weighted by Gasteiger charge is 2.54. The van der Waals surface area contributed by atoms with E-state index in [-0.39, 0.29) is 35.0 Å². The van der Waals surface area contributed by atoms with Gasteiger partial charge in [-0.15, -0.1) is 11.8 Å². The zero-order valence-corrected chi connectivity index (χ0v) is 23.0. The Bertz CT molecular complexity index is 1570. The van der Waals surface area contributed by atoms with Crippen molar-refractivity contribution >= 4 is 74.5 Å². The molecule has 3 aromatic rings. The lowest BCUT2D eigenvalue weighted by Crippen LogP contribution is -2.71. The lowest BCUT2D eigenvalue weighted by atomic mass is 10.0. The zero-order valence-electron chi connectivity index (χ0n) is 20.5. The number of thioether (sulfide) groups is 1. The normalized spacial score (nSPS) is 19.7. The molecule has 0 radical (unpaired) electrons. The van der Waals surface area contributed by atoms with Crippen molar-refractivity contribution in [3.05, 3.63) is 40.7 Å². The lowest BCUT2D eigenvalue weighted by Gasteiger charge is -2.49. The van der Waals surface area contributed by atoms with Crippen LogP contribution in [0, 0.1) is 0 Å². The number of fused-ring (bicyclic) bond motifs is 2. The van der Waals surface area contributed by atoms with E-state index in [1.54, 1.807) is 6.92 Å². The number of oxime groups is 1. The molecule has 210 valence electrons. The van der Waals surface area contributed by atoms with Gasteiger partial charge in [-0.3, -0.25) is 19.3 Å². The molecule has 1 saturated heterocycles. The second-order valence-electron chi connectivity index (χ2n) is 8.49. The Hall–Kier alpha value is -4.10. The molecule has 40 heavy (non-hydrogen) atoms. The van der Waals surface area contributed by atoms with Gasteiger partial charge < -0.3 is 26.3 Å². The molecule has 5 N–H and O–H groups in total. The molecule has 3 aromatic heterocycles. The summed E-state index contributed by atoms with van der Waals surface area (Å²) in [5.74, 6) is -2.07. The van der Waals surface area contributed by atoms with Crippen molar-refractivity contribution in [1.29, 1.82) is 0 Å². The number of carbonyl (C=O) groups excluding carboxylic acids is 3. The molecule has 5 heterocycles. The van der Waals surface area contributed by atoms with Gasteiger partial charge in [-0.05, 0) is 6.92 Å². The van der Waals surface area contributed by atoms with E-state index < -0.39 is 41.8 Å². The van der Waals surface area contributed by atoms with Crippen LogP contribution in [0.2, 0.25) is 0 Å². The third-order valence-electron chi connectivity index (χ3n) is 6.12. The van der Waals surface area contributed by atoms with E-state index >= 15 is 0 Å². The van der Waals surface area contributed by atoms with E-state index in [9.17, 15) is 28.7 Å². The van der Waals surface area contributed by atoms with Gasteiger partial charge in [-0.2, -0.15) is 13.8 Å². The first-order valence-electron chi connectivity index (χ1n) is 11.5. The number of halogens is 1. The molecule has 1 fully saturated rings. The number of imidazole rings is 1. The number of rotatable bonds is 11. The van der Waals surface area contributed by atoms with Crippen LogP contribution >= 0.6 is 34.6 Å². The Balaban J connectivity index is 1.39. The number of hydrogen-bond acceptors (Lipinski definition) is 12. The summed E-state index contributed by atoms with van der Waals surface area (Å²) < 4.78 is 20.2. The quantitative estimate of drug-likeness (QED) is 0.0730. The minimum Gasteiger partial charge on any atom is -0.477 e. The Morgan fingerprint density at radius 3 is 2.95 bits per heavy atom. The van der Waals surface area contributed by atoms with Crippen LogP contribution in [0.4, 0.5) is 9.52 Å². The Morgan fingerprint density at radius 1 is 1.48 bits per heavy atom. The van der Waals surface area contributed by atoms with Crippen LogP contribution in [0.5, 0.6) is 0 Å². The van der Waals surface area contributed by atoms with E-state index in [0.717, 1.165) is 27.1 Å². The van der Waals surface area contributed by atoms with Crippen molar-refractivity contribution in [3.8, 4) is 0 Å². The first-order valence-corrected chi connectivity index (χ1v) is 14.2. The largest absolute Gasteiger partial charge is 0.477 e. The number of hydrogen-bond donors (Lipinski definition) is 4. The van der Waals surface area contributed by atoms with Crippen LogP contribution in [0.15, 0.2) is 34.2 Å². The standard InChI is InChI=1S/C21H20FN9O6S3/c1-9(24-8-32)17-29(5-11-30(17)2-3-38-11)4-10-6-39-19-13(18(34)31(19)14(10)20(35)36)25-16(33)12(27-37-7-22)15-26-21(23)40-28-15/h2-3,5,8-9,13,19H,4,6-7H2,1H3,(H4-,23,24,25,26,28,32,33,35,36)/p+1/b27-12-/t9-,13-,19-/m1/s1. The number of β-lactam (4-membered cyclic amide) rings is 1. The summed E-state index contributed by atoms with van der Waals surface area (Å²) in [5.41, 5.74) is 5.38. The number of carboxylic acid groups (broad SMARTS) is 1. The summed E-state index contributed by atoms with van der Waals surface area (Å²) in [4.78, 5) is 59.7. The van der Waals surface area contributed by atoms with Crippen LogP contribution in [0.1, 0.15) is 24.6 Å². The second kappa shape index (κ2) is 11.2. The van der Waals surface area contributed by atoms with Crippen molar-refractivity contribution in [2.75, 3.05) is 18.3 Å². The smallest absolute Gasteiger partial charge is 0.352 e. The highest BCUT2D eigenvalue weighted by molar-refractivity contribution is 8.00. The number of nitrogens with one attached hydrogen (secondary N) is 2. The zero-order chi connectivity index (χ0) is 28.6. The van der Waals surface area contributed by atoms with Gasteiger partial charge in [0.1, 0.15) is 42.1 Å². The van der Waals surface area contributed by atoms with Crippen molar-refractivity contribution in [3.63, 3.8) is 0 Å². The predicted molar refractivity (Wildman–Crippen MR) is 141 cm³/mol. The fourth-order valence-electron chi connectivity index (χ4n) is 4.50. The van der Waals surface area contributed by atoms with Gasteiger partial charge in [0.2, 0.25) is 22.8 Å². The van der Waals surface area contributed by atoms with Crippen molar-refractivity contribution in [2.45, 2.75) is 30.9 Å². The Morgan fingerprint density at radius 2 is 2.27 bits per heavy atom. The van der Waals surface area contributed by atoms with Gasteiger partial charge in [-0.1, -0.05) is 16.5 Å². The molecule has 3 atom stereocenters. The van der Waals surface area contributed by atoms with E-state index in [1.807, 2.05) is 26.7 Å². The number of aliphatic carboxylic acids is 1. The highest BCUT2D eigenvalue weighted by atomic mass is 32.2. The summed E-state index contributed by atoms with van der Waals surface area (Å²) in [6.45, 7) is 0.648. The van der Waals surface area contributed by atoms with Crippen LogP contribution in [-0.2, 0) is 30.6 Å². The van der Waals surface area contributed by atoms with E-state index in [1.165, 1.54) is 23.1 Å². The number of carbonyl (C=O) groups is 4. The van der Waals surface area contributed by atoms with Gasteiger partial charge in [0.05, 0.1) is 0 Å². The first-order chi connectivity index (χ1) is 19.2. The average molecular weight is 611 g/mol.